The molecule has 0 saturated heterocycles. The van der Waals surface area contributed by atoms with Crippen molar-refractivity contribution in [1.29, 1.82) is 0 Å². The van der Waals surface area contributed by atoms with Crippen molar-refractivity contribution >= 4 is 12.0 Å². The summed E-state index contributed by atoms with van der Waals surface area (Å²) in [5, 5.41) is 8.76. The van der Waals surface area contributed by atoms with Gasteiger partial charge in [-0.05, 0) is 18.8 Å². The van der Waals surface area contributed by atoms with Crippen molar-refractivity contribution in [2.24, 2.45) is 11.8 Å². The highest BCUT2D eigenvalue weighted by Gasteiger charge is 2.26. The number of hydrogen-bond acceptors (Lipinski definition) is 2. The van der Waals surface area contributed by atoms with Crippen LogP contribution in [0.3, 0.4) is 0 Å². The van der Waals surface area contributed by atoms with Crippen LogP contribution >= 0.6 is 0 Å². The SMILES string of the molecule is CC(CN(C)C(=O)N(C)CC1CC1)C(=O)O. The van der Waals surface area contributed by atoms with Crippen LogP contribution < -0.4 is 0 Å². The molecule has 1 fully saturated rings. The number of nitrogens with zero attached hydrogens (tertiary/aromatic N) is 2. The van der Waals surface area contributed by atoms with Crippen molar-refractivity contribution in [3.05, 3.63) is 0 Å². The van der Waals surface area contributed by atoms with E-state index < -0.39 is 11.9 Å². The first kappa shape index (κ1) is 12.8. The Kier molecular flexibility index (Phi) is 4.15. The Morgan fingerprint density at radius 2 is 1.88 bits per heavy atom. The molecule has 0 heterocycles. The molecule has 5 heteroatoms. The minimum atomic E-state index is -0.871. The first-order chi connectivity index (χ1) is 7.41. The van der Waals surface area contributed by atoms with E-state index in [0.29, 0.717) is 5.92 Å². The number of amides is 2. The Bertz CT molecular complexity index is 276. The van der Waals surface area contributed by atoms with E-state index in [-0.39, 0.29) is 12.6 Å². The van der Waals surface area contributed by atoms with Gasteiger partial charge in [-0.25, -0.2) is 4.79 Å². The number of carboxylic acid groups (broad SMARTS) is 1. The summed E-state index contributed by atoms with van der Waals surface area (Å²) in [5.74, 6) is -0.744. The number of hydrogen-bond donors (Lipinski definition) is 1. The van der Waals surface area contributed by atoms with Crippen LogP contribution in [0.2, 0.25) is 0 Å². The topological polar surface area (TPSA) is 60.9 Å². The van der Waals surface area contributed by atoms with Gasteiger partial charge in [0.25, 0.3) is 0 Å². The molecule has 16 heavy (non-hydrogen) atoms. The first-order valence-corrected chi connectivity index (χ1v) is 5.60. The normalized spacial score (nSPS) is 16.7. The van der Waals surface area contributed by atoms with Crippen LogP contribution in [-0.4, -0.2) is 54.1 Å². The molecule has 92 valence electrons. The van der Waals surface area contributed by atoms with E-state index in [1.165, 1.54) is 17.7 Å². The van der Waals surface area contributed by atoms with Crippen molar-refractivity contribution < 1.29 is 14.7 Å². The molecule has 0 radical (unpaired) electrons. The molecule has 0 aromatic heterocycles. The number of urea groups is 1. The number of aliphatic carboxylic acids is 1. The van der Waals surface area contributed by atoms with Gasteiger partial charge in [-0.1, -0.05) is 6.92 Å². The molecule has 1 aliphatic rings. The highest BCUT2D eigenvalue weighted by molar-refractivity contribution is 5.75. The molecule has 2 amide bonds. The van der Waals surface area contributed by atoms with Gasteiger partial charge in [-0.15, -0.1) is 0 Å². The van der Waals surface area contributed by atoms with Gasteiger partial charge in [0.1, 0.15) is 0 Å². The molecule has 0 aromatic rings. The van der Waals surface area contributed by atoms with Crippen LogP contribution in [-0.2, 0) is 4.79 Å². The average molecular weight is 228 g/mol. The minimum Gasteiger partial charge on any atom is -0.481 e. The molecule has 0 aliphatic heterocycles. The molecule has 1 N–H and O–H groups in total. The lowest BCUT2D eigenvalue weighted by Crippen LogP contribution is -2.42. The van der Waals surface area contributed by atoms with Crippen molar-refractivity contribution in [3.8, 4) is 0 Å². The van der Waals surface area contributed by atoms with Crippen molar-refractivity contribution in [2.75, 3.05) is 27.2 Å². The van der Waals surface area contributed by atoms with Crippen LogP contribution in [0.1, 0.15) is 19.8 Å². The second-order valence-electron chi connectivity index (χ2n) is 4.73. The lowest BCUT2D eigenvalue weighted by molar-refractivity contribution is -0.141. The van der Waals surface area contributed by atoms with Gasteiger partial charge in [-0.2, -0.15) is 0 Å². The first-order valence-electron chi connectivity index (χ1n) is 5.60. The van der Waals surface area contributed by atoms with Gasteiger partial charge >= 0.3 is 12.0 Å². The molecule has 1 atom stereocenters. The summed E-state index contributed by atoms with van der Waals surface area (Å²) in [6.07, 6.45) is 2.40. The zero-order valence-corrected chi connectivity index (χ0v) is 10.1. The van der Waals surface area contributed by atoms with Gasteiger partial charge in [0.15, 0.2) is 0 Å². The standard InChI is InChI=1S/C11H20N2O3/c1-8(10(14)15)6-12(2)11(16)13(3)7-9-4-5-9/h8-9H,4-7H2,1-3H3,(H,14,15). The maximum absolute atomic E-state index is 11.8. The maximum Gasteiger partial charge on any atom is 0.319 e. The third-order valence-corrected chi connectivity index (χ3v) is 2.85. The van der Waals surface area contributed by atoms with Crippen LogP contribution in [0.15, 0.2) is 0 Å². The molecular formula is C11H20N2O3. The Morgan fingerprint density at radius 3 is 2.31 bits per heavy atom. The van der Waals surface area contributed by atoms with E-state index >= 15 is 0 Å². The Hall–Kier alpha value is -1.26. The fourth-order valence-electron chi connectivity index (χ4n) is 1.62. The maximum atomic E-state index is 11.8. The van der Waals surface area contributed by atoms with E-state index in [4.69, 9.17) is 5.11 Å². The van der Waals surface area contributed by atoms with Crippen molar-refractivity contribution in [1.82, 2.24) is 9.80 Å². The molecule has 1 unspecified atom stereocenters. The van der Waals surface area contributed by atoms with Gasteiger partial charge in [-0.3, -0.25) is 4.79 Å². The summed E-state index contributed by atoms with van der Waals surface area (Å²) >= 11 is 0. The summed E-state index contributed by atoms with van der Waals surface area (Å²) in [6.45, 7) is 2.64. The van der Waals surface area contributed by atoms with Gasteiger partial charge in [0, 0.05) is 27.2 Å². The lowest BCUT2D eigenvalue weighted by Gasteiger charge is -2.26. The fraction of sp³-hybridized carbons (Fsp3) is 0.818. The molecule has 0 bridgehead atoms. The average Bonchev–Trinajstić information content (AvgIpc) is 2.99. The van der Waals surface area contributed by atoms with Crippen molar-refractivity contribution in [2.45, 2.75) is 19.8 Å². The monoisotopic (exact) mass is 228 g/mol. The van der Waals surface area contributed by atoms with Gasteiger partial charge in [0.2, 0.25) is 0 Å². The molecule has 0 aromatic carbocycles. The quantitative estimate of drug-likeness (QED) is 0.766. The van der Waals surface area contributed by atoms with Crippen LogP contribution in [0.5, 0.6) is 0 Å². The smallest absolute Gasteiger partial charge is 0.319 e. The third-order valence-electron chi connectivity index (χ3n) is 2.85. The molecule has 5 nitrogen and oxygen atoms in total. The molecule has 1 aliphatic carbocycles. The van der Waals surface area contributed by atoms with E-state index in [2.05, 4.69) is 0 Å². The molecular weight excluding hydrogens is 208 g/mol. The van der Waals surface area contributed by atoms with E-state index in [1.54, 1.807) is 25.9 Å². The van der Waals surface area contributed by atoms with Crippen LogP contribution in [0.4, 0.5) is 4.79 Å². The lowest BCUT2D eigenvalue weighted by atomic mass is 10.2. The van der Waals surface area contributed by atoms with Crippen LogP contribution in [0, 0.1) is 11.8 Å². The Morgan fingerprint density at radius 1 is 1.31 bits per heavy atom. The third kappa shape index (κ3) is 3.72. The second kappa shape index (κ2) is 5.18. The number of carbonyl (C=O) groups excluding carboxylic acids is 1. The summed E-state index contributed by atoms with van der Waals surface area (Å²) in [4.78, 5) is 25.6. The minimum absolute atomic E-state index is 0.0972. The summed E-state index contributed by atoms with van der Waals surface area (Å²) < 4.78 is 0. The van der Waals surface area contributed by atoms with Crippen LogP contribution in [0.25, 0.3) is 0 Å². The van der Waals surface area contributed by atoms with E-state index in [9.17, 15) is 9.59 Å². The van der Waals surface area contributed by atoms with Gasteiger partial charge in [0.05, 0.1) is 5.92 Å². The summed E-state index contributed by atoms with van der Waals surface area (Å²) in [6, 6.07) is -0.0972. The molecule has 1 rings (SSSR count). The largest absolute Gasteiger partial charge is 0.481 e. The Balaban J connectivity index is 2.36. The highest BCUT2D eigenvalue weighted by atomic mass is 16.4. The number of rotatable bonds is 5. The van der Waals surface area contributed by atoms with E-state index in [1.807, 2.05) is 0 Å². The highest BCUT2D eigenvalue weighted by Crippen LogP contribution is 2.29. The summed E-state index contributed by atoms with van der Waals surface area (Å²) in [5.41, 5.74) is 0. The predicted molar refractivity (Wildman–Crippen MR) is 60.2 cm³/mol. The van der Waals surface area contributed by atoms with E-state index in [0.717, 1.165) is 6.54 Å². The van der Waals surface area contributed by atoms with Crippen molar-refractivity contribution in [3.63, 3.8) is 0 Å². The number of carboxylic acids is 1. The predicted octanol–water partition coefficient (Wildman–Crippen LogP) is 1.10. The molecule has 0 spiro atoms. The molecule has 1 saturated carbocycles. The Labute approximate surface area is 96.0 Å². The number of carbonyl (C=O) groups is 2. The zero-order chi connectivity index (χ0) is 12.3. The van der Waals surface area contributed by atoms with Gasteiger partial charge < -0.3 is 14.9 Å². The fourth-order valence-corrected chi connectivity index (χ4v) is 1.62. The second-order valence-corrected chi connectivity index (χ2v) is 4.73. The summed E-state index contributed by atoms with van der Waals surface area (Å²) in [7, 11) is 3.41. The zero-order valence-electron chi connectivity index (χ0n) is 10.1.